The summed E-state index contributed by atoms with van der Waals surface area (Å²) in [6, 6.07) is 65.1. The molecule has 0 saturated carbocycles. The van der Waals surface area contributed by atoms with Crippen LogP contribution in [0, 0.1) is 10.1 Å². The van der Waals surface area contributed by atoms with Crippen molar-refractivity contribution in [2.24, 2.45) is 0 Å². The van der Waals surface area contributed by atoms with E-state index in [-0.39, 0.29) is 86.9 Å². The number of esters is 1. The van der Waals surface area contributed by atoms with Gasteiger partial charge < -0.3 is 47.9 Å². The van der Waals surface area contributed by atoms with Crippen molar-refractivity contribution in [2.75, 3.05) is 39.6 Å². The van der Waals surface area contributed by atoms with Crippen molar-refractivity contribution in [1.82, 2.24) is 5.32 Å². The van der Waals surface area contributed by atoms with Gasteiger partial charge in [-0.2, -0.15) is 0 Å². The highest BCUT2D eigenvalue weighted by Gasteiger charge is 2.29. The topological polar surface area (TPSA) is 172 Å². The summed E-state index contributed by atoms with van der Waals surface area (Å²) in [7, 11) is 0. The smallest absolute Gasteiger partial charge is 0.347 e. The van der Waals surface area contributed by atoms with Gasteiger partial charge in [-0.15, -0.1) is 0 Å². The quantitative estimate of drug-likeness (QED) is 0.0178. The fourth-order valence-corrected chi connectivity index (χ4v) is 8.16. The van der Waals surface area contributed by atoms with Gasteiger partial charge in [0.15, 0.2) is 11.5 Å². The van der Waals surface area contributed by atoms with Crippen LogP contribution in [-0.2, 0) is 68.1 Å². The third-order valence-electron chi connectivity index (χ3n) is 12.3. The molecule has 412 valence electrons. The summed E-state index contributed by atoms with van der Waals surface area (Å²) in [4.78, 5) is 40.2. The number of carbonyl (C=O) groups excluding carboxylic acids is 2. The molecule has 0 spiro atoms. The first-order valence-corrected chi connectivity index (χ1v) is 26.3. The van der Waals surface area contributed by atoms with Gasteiger partial charge >= 0.3 is 5.97 Å². The maximum atomic E-state index is 15.2. The van der Waals surface area contributed by atoms with E-state index in [1.54, 1.807) is 0 Å². The molecule has 0 atom stereocenters. The maximum absolute atomic E-state index is 15.2. The Morgan fingerprint density at radius 1 is 0.400 bits per heavy atom. The lowest BCUT2D eigenvalue weighted by Crippen LogP contribution is -2.45. The monoisotopic (exact) mass is 1080 g/mol. The van der Waals surface area contributed by atoms with Gasteiger partial charge in [0.05, 0.1) is 82.6 Å². The lowest BCUT2D eigenvalue weighted by atomic mass is 10.1. The highest BCUT2D eigenvalue weighted by molar-refractivity contribution is 6.02. The molecule has 8 aromatic rings. The van der Waals surface area contributed by atoms with Crippen LogP contribution in [0.1, 0.15) is 54.1 Å². The Morgan fingerprint density at radius 3 is 1.07 bits per heavy atom. The second-order valence-corrected chi connectivity index (χ2v) is 18.6. The third kappa shape index (κ3) is 19.1. The molecule has 0 bridgehead atoms. The summed E-state index contributed by atoms with van der Waals surface area (Å²) in [5, 5.41) is 14.6. The van der Waals surface area contributed by atoms with Crippen LogP contribution in [0.3, 0.4) is 0 Å². The number of amides is 1. The Bertz CT molecular complexity index is 2900. The van der Waals surface area contributed by atoms with Crippen molar-refractivity contribution in [1.29, 1.82) is 0 Å². The van der Waals surface area contributed by atoms with Crippen molar-refractivity contribution < 1.29 is 57.1 Å². The van der Waals surface area contributed by atoms with Gasteiger partial charge in [-0.05, 0) is 57.6 Å². The molecule has 0 heterocycles. The number of hydrogen-bond acceptors (Lipinski definition) is 13. The largest absolute Gasteiger partial charge is 0.484 e. The zero-order chi connectivity index (χ0) is 55.4. The lowest BCUT2D eigenvalue weighted by molar-refractivity contribution is -0.384. The number of carbonyl (C=O) groups is 2. The van der Waals surface area contributed by atoms with Gasteiger partial charge in [-0.1, -0.05) is 182 Å². The summed E-state index contributed by atoms with van der Waals surface area (Å²) in [6.45, 7) is 1.91. The highest BCUT2D eigenvalue weighted by Crippen LogP contribution is 2.38. The number of nitrogens with zero attached hydrogens (tertiary/aromatic N) is 1. The molecule has 8 rings (SSSR count). The predicted octanol–water partition coefficient (Wildman–Crippen LogP) is 11.7. The summed E-state index contributed by atoms with van der Waals surface area (Å²) in [6.07, 6.45) is -1.16. The van der Waals surface area contributed by atoms with Crippen molar-refractivity contribution >= 4 is 17.6 Å². The number of nitro groups is 1. The molecule has 0 unspecified atom stereocenters. The number of benzene rings is 8. The van der Waals surface area contributed by atoms with Crippen molar-refractivity contribution in [2.45, 2.75) is 57.9 Å². The van der Waals surface area contributed by atoms with Gasteiger partial charge in [0.2, 0.25) is 0 Å². The van der Waals surface area contributed by atoms with E-state index in [2.05, 4.69) is 5.32 Å². The zero-order valence-electron chi connectivity index (χ0n) is 44.3. The van der Waals surface area contributed by atoms with Crippen LogP contribution < -0.4 is 19.5 Å². The lowest BCUT2D eigenvalue weighted by Gasteiger charge is -2.26. The van der Waals surface area contributed by atoms with E-state index in [1.165, 1.54) is 36.4 Å². The molecular formula is C65H64N2O13. The van der Waals surface area contributed by atoms with Crippen LogP contribution >= 0.6 is 0 Å². The van der Waals surface area contributed by atoms with E-state index in [1.807, 2.05) is 182 Å². The van der Waals surface area contributed by atoms with Crippen molar-refractivity contribution in [3.05, 3.63) is 273 Å². The second-order valence-electron chi connectivity index (χ2n) is 18.6. The number of rotatable bonds is 33. The predicted molar refractivity (Wildman–Crippen MR) is 301 cm³/mol. The van der Waals surface area contributed by atoms with Crippen LogP contribution in [0.5, 0.6) is 17.2 Å². The molecule has 15 nitrogen and oxygen atoms in total. The summed E-state index contributed by atoms with van der Waals surface area (Å²) in [5.74, 6) is -1.51. The molecule has 0 saturated heterocycles. The second kappa shape index (κ2) is 31.8. The van der Waals surface area contributed by atoms with Gasteiger partial charge in [-0.25, -0.2) is 4.79 Å². The van der Waals surface area contributed by atoms with Crippen molar-refractivity contribution in [3.8, 4) is 17.2 Å². The average molecular weight is 1080 g/mol. The molecule has 1 amide bonds. The standard InChI is InChI=1S/C65H64N2O13/c68-64(60-35-36-61(65(69)80-57-33-31-56(32-34-57)67(70)71)63(79-42-54-29-17-6-18-30-54)62(60)78-41-53-27-15-5-16-28-53)66-55(43-76-58(45-72-37-49-19-7-1-8-20-49)46-73-38-50-21-9-2-10-22-50)44-77-59(47-74-39-51-23-11-3-12-24-51)48-75-40-52-25-13-4-14-26-52/h1-36,55,58-59H,37-48H2,(H,66,68). The molecule has 8 aromatic carbocycles. The fourth-order valence-electron chi connectivity index (χ4n) is 8.16. The van der Waals surface area contributed by atoms with Gasteiger partial charge in [0.1, 0.15) is 36.7 Å². The minimum Gasteiger partial charge on any atom is -0.484 e. The van der Waals surface area contributed by atoms with E-state index < -0.39 is 35.0 Å². The number of nitro benzene ring substituents is 1. The average Bonchev–Trinajstić information content (AvgIpc) is 3.64. The Hall–Kier alpha value is -8.54. The van der Waals surface area contributed by atoms with Crippen LogP contribution in [0.4, 0.5) is 5.69 Å². The minimum absolute atomic E-state index is 0.0133. The van der Waals surface area contributed by atoms with E-state index in [4.69, 9.17) is 42.6 Å². The van der Waals surface area contributed by atoms with Crippen molar-refractivity contribution in [3.63, 3.8) is 0 Å². The highest BCUT2D eigenvalue weighted by atomic mass is 16.6. The van der Waals surface area contributed by atoms with Crippen LogP contribution in [-0.4, -0.2) is 74.7 Å². The first-order chi connectivity index (χ1) is 39.3. The molecule has 0 aliphatic carbocycles. The molecule has 1 N–H and O–H groups in total. The maximum Gasteiger partial charge on any atom is 0.347 e. The van der Waals surface area contributed by atoms with E-state index >= 15 is 4.79 Å². The van der Waals surface area contributed by atoms with E-state index in [0.717, 1.165) is 33.4 Å². The molecule has 15 heteroatoms. The number of nitrogens with one attached hydrogen (secondary N) is 1. The third-order valence-corrected chi connectivity index (χ3v) is 12.3. The molecule has 0 radical (unpaired) electrons. The summed E-state index contributed by atoms with van der Waals surface area (Å²) >= 11 is 0. The minimum atomic E-state index is -0.858. The summed E-state index contributed by atoms with van der Waals surface area (Å²) in [5.41, 5.74) is 5.31. The normalized spacial score (nSPS) is 11.2. The first-order valence-electron chi connectivity index (χ1n) is 26.3. The number of non-ortho nitro benzene ring substituents is 1. The summed E-state index contributed by atoms with van der Waals surface area (Å²) < 4.78 is 56.9. The van der Waals surface area contributed by atoms with E-state index in [9.17, 15) is 14.9 Å². The van der Waals surface area contributed by atoms with Crippen LogP contribution in [0.25, 0.3) is 0 Å². The van der Waals surface area contributed by atoms with E-state index in [0.29, 0.717) is 26.4 Å². The molecular weight excluding hydrogens is 1020 g/mol. The molecule has 0 aromatic heterocycles. The van der Waals surface area contributed by atoms with Gasteiger partial charge in [0.25, 0.3) is 11.6 Å². The first kappa shape index (κ1) is 57.6. The fraction of sp³-hybridized carbons (Fsp3) is 0.231. The van der Waals surface area contributed by atoms with Gasteiger partial charge in [0, 0.05) is 12.1 Å². The zero-order valence-corrected chi connectivity index (χ0v) is 44.3. The molecule has 0 aliphatic heterocycles. The number of ether oxygens (including phenoxy) is 9. The Morgan fingerprint density at radius 2 is 0.725 bits per heavy atom. The van der Waals surface area contributed by atoms with Crippen LogP contribution in [0.15, 0.2) is 218 Å². The SMILES string of the molecule is O=C(NC(COC(COCc1ccccc1)COCc1ccccc1)COC(COCc1ccccc1)COCc1ccccc1)c1ccc(C(=O)Oc2ccc([N+](=O)[O-])cc2)c(OCc2ccccc2)c1OCc1ccccc1. The molecule has 80 heavy (non-hydrogen) atoms. The Labute approximate surface area is 466 Å². The van der Waals surface area contributed by atoms with Crippen LogP contribution in [0.2, 0.25) is 0 Å². The van der Waals surface area contributed by atoms with Gasteiger partial charge in [-0.3, -0.25) is 14.9 Å². The number of hydrogen-bond donors (Lipinski definition) is 1. The Balaban J connectivity index is 1.09. The Kier molecular flexibility index (Phi) is 22.9. The molecule has 0 aliphatic rings. The molecule has 0 fully saturated rings.